The van der Waals surface area contributed by atoms with Gasteiger partial charge in [0, 0.05) is 5.02 Å². The molecule has 0 spiro atoms. The predicted molar refractivity (Wildman–Crippen MR) is 72.3 cm³/mol. The minimum absolute atomic E-state index is 0.324. The van der Waals surface area contributed by atoms with Crippen molar-refractivity contribution in [2.45, 2.75) is 51.6 Å². The number of aryl methyl sites for hydroxylation is 1. The highest BCUT2D eigenvalue weighted by molar-refractivity contribution is 6.30. The molecule has 0 saturated heterocycles. The second-order valence-corrected chi connectivity index (χ2v) is 5.69. The van der Waals surface area contributed by atoms with E-state index in [0.29, 0.717) is 5.92 Å². The number of hydrogen-bond donors (Lipinski definition) is 1. The first kappa shape index (κ1) is 12.9. The Kier molecular flexibility index (Phi) is 4.47. The van der Waals surface area contributed by atoms with Crippen LogP contribution in [0.5, 0.6) is 0 Å². The Bertz CT molecular complexity index is 369. The second-order valence-electron chi connectivity index (χ2n) is 5.26. The SMILES string of the molecule is Cc1cc(Cl)ccc1C(O)CC1CCCCC1. The maximum atomic E-state index is 10.3. The fourth-order valence-corrected chi connectivity index (χ4v) is 3.11. The van der Waals surface area contributed by atoms with Crippen LogP contribution in [0.3, 0.4) is 0 Å². The summed E-state index contributed by atoms with van der Waals surface area (Å²) in [6.45, 7) is 2.02. The molecular weight excluding hydrogens is 232 g/mol. The molecule has 94 valence electrons. The van der Waals surface area contributed by atoms with Crippen molar-refractivity contribution in [2.24, 2.45) is 5.92 Å². The zero-order valence-electron chi connectivity index (χ0n) is 10.5. The van der Waals surface area contributed by atoms with Gasteiger partial charge in [0.25, 0.3) is 0 Å². The summed E-state index contributed by atoms with van der Waals surface area (Å²) in [7, 11) is 0. The maximum Gasteiger partial charge on any atom is 0.0795 e. The van der Waals surface area contributed by atoms with Gasteiger partial charge in [-0.1, -0.05) is 49.8 Å². The van der Waals surface area contributed by atoms with E-state index in [4.69, 9.17) is 11.6 Å². The summed E-state index contributed by atoms with van der Waals surface area (Å²) in [6.07, 6.45) is 7.17. The molecule has 1 aliphatic carbocycles. The molecule has 0 amide bonds. The lowest BCUT2D eigenvalue weighted by molar-refractivity contribution is 0.131. The van der Waals surface area contributed by atoms with Gasteiger partial charge in [0.05, 0.1) is 6.10 Å². The zero-order chi connectivity index (χ0) is 12.3. The van der Waals surface area contributed by atoms with Crippen LogP contribution < -0.4 is 0 Å². The lowest BCUT2D eigenvalue weighted by Gasteiger charge is -2.24. The predicted octanol–water partition coefficient (Wildman–Crippen LogP) is 4.65. The Morgan fingerprint density at radius 2 is 2.00 bits per heavy atom. The van der Waals surface area contributed by atoms with Gasteiger partial charge in [0.1, 0.15) is 0 Å². The minimum Gasteiger partial charge on any atom is -0.388 e. The molecule has 1 N–H and O–H groups in total. The molecule has 1 fully saturated rings. The highest BCUT2D eigenvalue weighted by atomic mass is 35.5. The molecule has 1 aromatic rings. The van der Waals surface area contributed by atoms with E-state index in [1.165, 1.54) is 32.1 Å². The van der Waals surface area contributed by atoms with Crippen LogP contribution in [0.25, 0.3) is 0 Å². The molecule has 1 saturated carbocycles. The third-order valence-corrected chi connectivity index (χ3v) is 4.11. The molecule has 1 atom stereocenters. The summed E-state index contributed by atoms with van der Waals surface area (Å²) < 4.78 is 0. The number of aliphatic hydroxyl groups excluding tert-OH is 1. The molecule has 0 bridgehead atoms. The average Bonchev–Trinajstić information content (AvgIpc) is 2.30. The fourth-order valence-electron chi connectivity index (χ4n) is 2.88. The lowest BCUT2D eigenvalue weighted by atomic mass is 9.83. The summed E-state index contributed by atoms with van der Waals surface area (Å²) in [5.74, 6) is 0.703. The van der Waals surface area contributed by atoms with Crippen LogP contribution in [0.15, 0.2) is 18.2 Å². The summed E-state index contributed by atoms with van der Waals surface area (Å²) in [4.78, 5) is 0. The van der Waals surface area contributed by atoms with E-state index >= 15 is 0 Å². The van der Waals surface area contributed by atoms with Gasteiger partial charge in [-0.25, -0.2) is 0 Å². The highest BCUT2D eigenvalue weighted by Gasteiger charge is 2.19. The van der Waals surface area contributed by atoms with Crippen LogP contribution in [0, 0.1) is 12.8 Å². The van der Waals surface area contributed by atoms with E-state index in [2.05, 4.69) is 0 Å². The van der Waals surface area contributed by atoms with Crippen molar-refractivity contribution in [1.29, 1.82) is 0 Å². The summed E-state index contributed by atoms with van der Waals surface area (Å²) in [6, 6.07) is 5.76. The van der Waals surface area contributed by atoms with Crippen LogP contribution in [-0.2, 0) is 0 Å². The topological polar surface area (TPSA) is 20.2 Å². The molecule has 0 heterocycles. The van der Waals surface area contributed by atoms with Crippen molar-refractivity contribution in [3.05, 3.63) is 34.3 Å². The zero-order valence-corrected chi connectivity index (χ0v) is 11.2. The van der Waals surface area contributed by atoms with E-state index < -0.39 is 0 Å². The number of rotatable bonds is 3. The number of halogens is 1. The van der Waals surface area contributed by atoms with Crippen LogP contribution >= 0.6 is 11.6 Å². The van der Waals surface area contributed by atoms with E-state index in [0.717, 1.165) is 22.6 Å². The standard InChI is InChI=1S/C15H21ClO/c1-11-9-13(16)7-8-14(11)15(17)10-12-5-3-2-4-6-12/h7-9,12,15,17H,2-6,10H2,1H3. The molecule has 2 rings (SSSR count). The van der Waals surface area contributed by atoms with Gasteiger partial charge in [-0.3, -0.25) is 0 Å². The van der Waals surface area contributed by atoms with Gasteiger partial charge in [0.2, 0.25) is 0 Å². The largest absolute Gasteiger partial charge is 0.388 e. The normalized spacial score (nSPS) is 19.2. The summed E-state index contributed by atoms with van der Waals surface area (Å²) in [5, 5.41) is 11.0. The Balaban J connectivity index is 2.00. The molecule has 1 nitrogen and oxygen atoms in total. The van der Waals surface area contributed by atoms with Crippen LogP contribution in [0.2, 0.25) is 5.02 Å². The van der Waals surface area contributed by atoms with E-state index in [1.54, 1.807) is 0 Å². The molecule has 1 unspecified atom stereocenters. The second kappa shape index (κ2) is 5.88. The van der Waals surface area contributed by atoms with Gasteiger partial charge < -0.3 is 5.11 Å². The first-order valence-electron chi connectivity index (χ1n) is 6.61. The van der Waals surface area contributed by atoms with Crippen molar-refractivity contribution in [3.63, 3.8) is 0 Å². The molecular formula is C15H21ClO. The fraction of sp³-hybridized carbons (Fsp3) is 0.600. The molecule has 17 heavy (non-hydrogen) atoms. The Labute approximate surface area is 109 Å². The van der Waals surface area contributed by atoms with Crippen molar-refractivity contribution < 1.29 is 5.11 Å². The summed E-state index contributed by atoms with van der Waals surface area (Å²) >= 11 is 5.93. The Morgan fingerprint density at radius 1 is 1.29 bits per heavy atom. The molecule has 1 aromatic carbocycles. The Hall–Kier alpha value is -0.530. The van der Waals surface area contributed by atoms with Crippen molar-refractivity contribution in [1.82, 2.24) is 0 Å². The van der Waals surface area contributed by atoms with Crippen LogP contribution in [0.1, 0.15) is 55.8 Å². The smallest absolute Gasteiger partial charge is 0.0795 e. The molecule has 0 radical (unpaired) electrons. The van der Waals surface area contributed by atoms with Gasteiger partial charge in [-0.2, -0.15) is 0 Å². The van der Waals surface area contributed by atoms with Crippen molar-refractivity contribution in [3.8, 4) is 0 Å². The molecule has 2 heteroatoms. The first-order chi connectivity index (χ1) is 8.16. The molecule has 0 aliphatic heterocycles. The maximum absolute atomic E-state index is 10.3. The number of hydrogen-bond acceptors (Lipinski definition) is 1. The lowest BCUT2D eigenvalue weighted by Crippen LogP contribution is -2.11. The summed E-state index contributed by atoms with van der Waals surface area (Å²) in [5.41, 5.74) is 2.14. The van der Waals surface area contributed by atoms with Crippen molar-refractivity contribution >= 4 is 11.6 Å². The van der Waals surface area contributed by atoms with Crippen LogP contribution in [0.4, 0.5) is 0 Å². The minimum atomic E-state index is -0.324. The number of aliphatic hydroxyl groups is 1. The average molecular weight is 253 g/mol. The van der Waals surface area contributed by atoms with Gasteiger partial charge in [0.15, 0.2) is 0 Å². The molecule has 0 aromatic heterocycles. The van der Waals surface area contributed by atoms with Gasteiger partial charge >= 0.3 is 0 Å². The third-order valence-electron chi connectivity index (χ3n) is 3.87. The van der Waals surface area contributed by atoms with E-state index in [1.807, 2.05) is 25.1 Å². The number of benzene rings is 1. The Morgan fingerprint density at radius 3 is 2.65 bits per heavy atom. The monoisotopic (exact) mass is 252 g/mol. The highest BCUT2D eigenvalue weighted by Crippen LogP contribution is 2.33. The van der Waals surface area contributed by atoms with E-state index in [-0.39, 0.29) is 6.10 Å². The third kappa shape index (κ3) is 3.46. The quantitative estimate of drug-likeness (QED) is 0.830. The first-order valence-corrected chi connectivity index (χ1v) is 6.98. The van der Waals surface area contributed by atoms with Gasteiger partial charge in [-0.15, -0.1) is 0 Å². The van der Waals surface area contributed by atoms with Gasteiger partial charge in [-0.05, 0) is 42.5 Å². The van der Waals surface area contributed by atoms with E-state index in [9.17, 15) is 5.11 Å². The molecule has 1 aliphatic rings. The van der Waals surface area contributed by atoms with Crippen molar-refractivity contribution in [2.75, 3.05) is 0 Å². The van der Waals surface area contributed by atoms with Crippen LogP contribution in [-0.4, -0.2) is 5.11 Å².